The van der Waals surface area contributed by atoms with Gasteiger partial charge in [0.05, 0.1) is 12.1 Å². The van der Waals surface area contributed by atoms with E-state index < -0.39 is 13.7 Å². The molecule has 25 heavy (non-hydrogen) atoms. The molecule has 0 unspecified atom stereocenters. The molecule has 0 aliphatic rings. The normalized spacial score (nSPS) is 15.7. The van der Waals surface area contributed by atoms with Crippen molar-refractivity contribution in [3.8, 4) is 11.3 Å². The molecular formula is C22H19N2O+. The van der Waals surface area contributed by atoms with Crippen molar-refractivity contribution in [1.82, 2.24) is 0 Å². The van der Waals surface area contributed by atoms with E-state index in [9.17, 15) is 0 Å². The van der Waals surface area contributed by atoms with Crippen LogP contribution in [0.5, 0.6) is 0 Å². The number of aromatic nitrogens is 1. The number of furan rings is 1. The predicted octanol–water partition coefficient (Wildman–Crippen LogP) is 5.55. The summed E-state index contributed by atoms with van der Waals surface area (Å²) in [5.74, 6) is 0. The Labute approximate surface area is 155 Å². The second-order valence-electron chi connectivity index (χ2n) is 6.13. The van der Waals surface area contributed by atoms with Crippen molar-refractivity contribution in [1.29, 1.82) is 0 Å². The van der Waals surface area contributed by atoms with Crippen molar-refractivity contribution in [2.24, 2.45) is 7.05 Å². The van der Waals surface area contributed by atoms with E-state index in [0.717, 1.165) is 0 Å². The summed E-state index contributed by atoms with van der Waals surface area (Å²) in [5.41, 5.74) is 3.69. The average molecular weight is 333 g/mol. The van der Waals surface area contributed by atoms with E-state index in [4.69, 9.17) is 19.2 Å². The smallest absolute Gasteiger partial charge is 0.216 e. The molecule has 0 saturated carbocycles. The van der Waals surface area contributed by atoms with Crippen molar-refractivity contribution >= 4 is 27.6 Å². The Balaban J connectivity index is 2.12. The summed E-state index contributed by atoms with van der Waals surface area (Å²) < 4.78 is 54.9. The van der Waals surface area contributed by atoms with Gasteiger partial charge in [0.1, 0.15) is 18.2 Å². The molecule has 0 aliphatic heterocycles. The van der Waals surface area contributed by atoms with Crippen LogP contribution in [0.15, 0.2) is 47.0 Å². The molecule has 3 heteroatoms. The maximum absolute atomic E-state index is 8.03. The quantitative estimate of drug-likeness (QED) is 0.330. The predicted molar refractivity (Wildman–Crippen MR) is 101 cm³/mol. The lowest BCUT2D eigenvalue weighted by molar-refractivity contribution is -0.660. The van der Waals surface area contributed by atoms with E-state index in [0.29, 0.717) is 44.4 Å². The van der Waals surface area contributed by atoms with Gasteiger partial charge in [0.25, 0.3) is 0 Å². The van der Waals surface area contributed by atoms with Crippen LogP contribution in [0, 0.1) is 27.2 Å². The summed E-state index contributed by atoms with van der Waals surface area (Å²) in [5, 5.41) is 1.10. The molecule has 4 aromatic rings. The number of benzene rings is 2. The molecule has 0 spiro atoms. The van der Waals surface area contributed by atoms with Gasteiger partial charge in [0.15, 0.2) is 11.9 Å². The highest BCUT2D eigenvalue weighted by Crippen LogP contribution is 2.39. The van der Waals surface area contributed by atoms with Crippen LogP contribution in [0.2, 0.25) is 0 Å². The second-order valence-corrected chi connectivity index (χ2v) is 6.13. The number of hydrogen-bond acceptors (Lipinski definition) is 1. The zero-order chi connectivity index (χ0) is 22.7. The first-order valence-electron chi connectivity index (χ1n) is 10.8. The Morgan fingerprint density at radius 1 is 1.12 bits per heavy atom. The van der Waals surface area contributed by atoms with Crippen LogP contribution in [0.1, 0.15) is 24.9 Å². The number of nitrogens with zero attached hydrogens (tertiary/aromatic N) is 2. The number of rotatable bonds is 1. The topological polar surface area (TPSA) is 21.4 Å². The molecule has 0 fully saturated rings. The molecule has 0 atom stereocenters. The monoisotopic (exact) mass is 333 g/mol. The first-order chi connectivity index (χ1) is 14.4. The molecule has 122 valence electrons. The molecule has 0 N–H and O–H groups in total. The lowest BCUT2D eigenvalue weighted by Gasteiger charge is -2.08. The minimum absolute atomic E-state index is 0.180. The maximum atomic E-state index is 8.03. The van der Waals surface area contributed by atoms with E-state index in [2.05, 4.69) is 4.85 Å². The fourth-order valence-corrected chi connectivity index (χ4v) is 3.32. The summed E-state index contributed by atoms with van der Waals surface area (Å²) in [4.78, 5) is 3.43. The molecule has 0 aliphatic carbocycles. The van der Waals surface area contributed by atoms with Gasteiger partial charge in [-0.15, -0.1) is 0 Å². The van der Waals surface area contributed by atoms with Crippen LogP contribution in [0.4, 0.5) is 5.69 Å². The summed E-state index contributed by atoms with van der Waals surface area (Å²) in [6, 6.07) is 9.84. The summed E-state index contributed by atoms with van der Waals surface area (Å²) >= 11 is 0. The third-order valence-corrected chi connectivity index (χ3v) is 4.44. The number of pyridine rings is 1. The Bertz CT molecular complexity index is 1390. The van der Waals surface area contributed by atoms with Gasteiger partial charge in [-0.25, -0.2) is 9.41 Å². The molecule has 2 heterocycles. The minimum Gasteiger partial charge on any atom is -0.456 e. The van der Waals surface area contributed by atoms with Gasteiger partial charge in [0.2, 0.25) is 5.69 Å². The van der Waals surface area contributed by atoms with Crippen LogP contribution in [0.25, 0.3) is 38.0 Å². The van der Waals surface area contributed by atoms with Gasteiger partial charge in [0, 0.05) is 30.6 Å². The third-order valence-electron chi connectivity index (χ3n) is 4.44. The second kappa shape index (κ2) is 5.46. The number of hydrogen-bond donors (Lipinski definition) is 0. The van der Waals surface area contributed by atoms with Gasteiger partial charge >= 0.3 is 0 Å². The van der Waals surface area contributed by atoms with Crippen LogP contribution >= 0.6 is 0 Å². The fourth-order valence-electron chi connectivity index (χ4n) is 3.32. The van der Waals surface area contributed by atoms with E-state index in [1.807, 2.05) is 0 Å². The lowest BCUT2D eigenvalue weighted by Crippen LogP contribution is -2.31. The molecule has 4 rings (SSSR count). The van der Waals surface area contributed by atoms with Crippen LogP contribution in [0.3, 0.4) is 0 Å². The Hall–Kier alpha value is -3.12. The number of aryl methyl sites for hydroxylation is 4. The molecule has 0 saturated heterocycles. The maximum Gasteiger partial charge on any atom is 0.216 e. The largest absolute Gasteiger partial charge is 0.456 e. The van der Waals surface area contributed by atoms with Crippen LogP contribution < -0.4 is 4.57 Å². The summed E-state index contributed by atoms with van der Waals surface area (Å²) in [6.07, 6.45) is 1.55. The molecular weight excluding hydrogens is 308 g/mol. The van der Waals surface area contributed by atoms with E-state index in [-0.39, 0.29) is 11.1 Å². The Morgan fingerprint density at radius 3 is 2.72 bits per heavy atom. The van der Waals surface area contributed by atoms with Gasteiger partial charge in [-0.2, -0.15) is 0 Å². The van der Waals surface area contributed by atoms with E-state index in [1.54, 1.807) is 61.1 Å². The first-order valence-corrected chi connectivity index (χ1v) is 7.80. The SMILES string of the molecule is [2H]C([2H])([2H])c1ccc(-c2c(C)cc(C([2H])([2H])[2H])c3c2oc2cc([N+]#[C-])ccc23)[n+](C)c1. The van der Waals surface area contributed by atoms with Crippen LogP contribution in [-0.2, 0) is 7.05 Å². The molecule has 3 nitrogen and oxygen atoms in total. The zero-order valence-corrected chi connectivity index (χ0v) is 13.8. The van der Waals surface area contributed by atoms with Crippen molar-refractivity contribution in [2.45, 2.75) is 20.6 Å². The molecule has 0 amide bonds. The van der Waals surface area contributed by atoms with Crippen molar-refractivity contribution in [2.75, 3.05) is 0 Å². The third kappa shape index (κ3) is 2.30. The van der Waals surface area contributed by atoms with E-state index in [1.165, 1.54) is 0 Å². The standard InChI is InChI=1S/C22H19N2O/c1-13-6-9-18(24(5)12-13)21-15(3)10-14(2)20-17-8-7-16(23-4)11-19(17)25-22(20)21/h6-12H,1-3,5H3/q+1/i1D3,2D3. The summed E-state index contributed by atoms with van der Waals surface area (Å²) in [7, 11) is 1.74. The van der Waals surface area contributed by atoms with Crippen molar-refractivity contribution in [3.05, 3.63) is 70.7 Å². The minimum atomic E-state index is -2.36. The number of fused-ring (bicyclic) bond motifs is 3. The average Bonchev–Trinajstić information content (AvgIpc) is 3.04. The van der Waals surface area contributed by atoms with Gasteiger partial charge in [-0.1, -0.05) is 18.2 Å². The first kappa shape index (κ1) is 10.0. The fraction of sp³-hybridized carbons (Fsp3) is 0.182. The van der Waals surface area contributed by atoms with Crippen LogP contribution in [-0.4, -0.2) is 0 Å². The highest BCUT2D eigenvalue weighted by molar-refractivity contribution is 6.12. The Kier molecular flexibility index (Phi) is 2.18. The lowest BCUT2D eigenvalue weighted by atomic mass is 9.96. The molecule has 2 aromatic heterocycles. The zero-order valence-electron chi connectivity index (χ0n) is 19.8. The van der Waals surface area contributed by atoms with Gasteiger partial charge in [-0.05, 0) is 43.9 Å². The highest BCUT2D eigenvalue weighted by atomic mass is 16.3. The molecule has 0 radical (unpaired) electrons. The molecule has 0 bridgehead atoms. The molecule has 2 aromatic carbocycles. The summed E-state index contributed by atoms with van der Waals surface area (Å²) in [6.45, 7) is 4.46. The van der Waals surface area contributed by atoms with Crippen molar-refractivity contribution < 1.29 is 17.2 Å². The Morgan fingerprint density at radius 2 is 2.00 bits per heavy atom. The highest BCUT2D eigenvalue weighted by Gasteiger charge is 2.22. The van der Waals surface area contributed by atoms with Gasteiger partial charge < -0.3 is 4.42 Å². The van der Waals surface area contributed by atoms with Gasteiger partial charge in [-0.3, -0.25) is 0 Å². The van der Waals surface area contributed by atoms with E-state index >= 15 is 0 Å². The van der Waals surface area contributed by atoms with Crippen molar-refractivity contribution in [3.63, 3.8) is 0 Å².